The lowest BCUT2D eigenvalue weighted by atomic mass is 10.0. The third kappa shape index (κ3) is 1.49. The van der Waals surface area contributed by atoms with Crippen LogP contribution in [0.2, 0.25) is 0 Å². The van der Waals surface area contributed by atoms with Gasteiger partial charge < -0.3 is 0 Å². The summed E-state index contributed by atoms with van der Waals surface area (Å²) in [6, 6.07) is 16.1. The summed E-state index contributed by atoms with van der Waals surface area (Å²) >= 11 is 0. The first kappa shape index (κ1) is 12.6. The van der Waals surface area contributed by atoms with Gasteiger partial charge in [0.25, 0.3) is 5.56 Å². The van der Waals surface area contributed by atoms with Crippen LogP contribution in [0.4, 0.5) is 0 Å². The second-order valence-electron chi connectivity index (χ2n) is 6.21. The van der Waals surface area contributed by atoms with Crippen LogP contribution >= 0.6 is 0 Å². The number of fused-ring (bicyclic) bond motifs is 4. The first-order valence-electron chi connectivity index (χ1n) is 7.71. The molecule has 0 saturated heterocycles. The molecule has 0 unspecified atom stereocenters. The Bertz CT molecular complexity index is 1290. The highest BCUT2D eigenvalue weighted by Crippen LogP contribution is 2.29. The average Bonchev–Trinajstić information content (AvgIpc) is 2.91. The van der Waals surface area contributed by atoms with Crippen LogP contribution in [0.5, 0.6) is 0 Å². The molecular formula is C20H14N2O. The molecule has 23 heavy (non-hydrogen) atoms. The van der Waals surface area contributed by atoms with Gasteiger partial charge in [-0.05, 0) is 48.6 Å². The van der Waals surface area contributed by atoms with E-state index in [1.54, 1.807) is 4.40 Å². The summed E-state index contributed by atoms with van der Waals surface area (Å²) in [5.41, 5.74) is 4.89. The predicted molar refractivity (Wildman–Crippen MR) is 94.6 cm³/mol. The number of rotatable bonds is 0. The Morgan fingerprint density at radius 2 is 1.61 bits per heavy atom. The van der Waals surface area contributed by atoms with Gasteiger partial charge in [-0.1, -0.05) is 30.3 Å². The Morgan fingerprint density at radius 1 is 0.913 bits per heavy atom. The summed E-state index contributed by atoms with van der Waals surface area (Å²) in [6.07, 6.45) is 0. The van der Waals surface area contributed by atoms with Crippen LogP contribution in [0.15, 0.2) is 53.3 Å². The summed E-state index contributed by atoms with van der Waals surface area (Å²) in [7, 11) is 0. The molecule has 2 heterocycles. The number of imidazole rings is 1. The van der Waals surface area contributed by atoms with Crippen molar-refractivity contribution in [2.24, 2.45) is 0 Å². The maximum absolute atomic E-state index is 13.1. The van der Waals surface area contributed by atoms with Crippen molar-refractivity contribution >= 4 is 38.2 Å². The molecule has 5 aromatic rings. The van der Waals surface area contributed by atoms with Crippen LogP contribution in [0, 0.1) is 13.8 Å². The highest BCUT2D eigenvalue weighted by molar-refractivity contribution is 6.15. The lowest BCUT2D eigenvalue weighted by Crippen LogP contribution is -2.13. The van der Waals surface area contributed by atoms with Crippen molar-refractivity contribution in [3.8, 4) is 0 Å². The Hall–Kier alpha value is -2.94. The largest absolute Gasteiger partial charge is 0.268 e. The number of pyridine rings is 1. The predicted octanol–water partition coefficient (Wildman–Crippen LogP) is 4.21. The van der Waals surface area contributed by atoms with E-state index in [4.69, 9.17) is 4.98 Å². The molecule has 0 aliphatic carbocycles. The first-order chi connectivity index (χ1) is 11.1. The van der Waals surface area contributed by atoms with Gasteiger partial charge in [0.2, 0.25) is 0 Å². The van der Waals surface area contributed by atoms with Gasteiger partial charge in [0.05, 0.1) is 11.0 Å². The molecule has 3 heteroatoms. The van der Waals surface area contributed by atoms with Gasteiger partial charge in [-0.15, -0.1) is 0 Å². The second kappa shape index (κ2) is 4.07. The molecule has 0 atom stereocenters. The van der Waals surface area contributed by atoms with Gasteiger partial charge in [0.15, 0.2) is 0 Å². The highest BCUT2D eigenvalue weighted by atomic mass is 16.1. The van der Waals surface area contributed by atoms with E-state index >= 15 is 0 Å². The number of hydrogen-bond acceptors (Lipinski definition) is 2. The third-order valence-corrected chi connectivity index (χ3v) is 4.85. The maximum atomic E-state index is 13.1. The fraction of sp³-hybridized carbons (Fsp3) is 0.100. The van der Waals surface area contributed by atoms with Gasteiger partial charge in [-0.2, -0.15) is 0 Å². The summed E-state index contributed by atoms with van der Waals surface area (Å²) < 4.78 is 1.76. The van der Waals surface area contributed by atoms with E-state index in [2.05, 4.69) is 32.0 Å². The number of nitrogens with zero attached hydrogens (tertiary/aromatic N) is 2. The van der Waals surface area contributed by atoms with E-state index in [1.165, 1.54) is 11.1 Å². The van der Waals surface area contributed by atoms with Gasteiger partial charge in [0.1, 0.15) is 5.65 Å². The average molecular weight is 298 g/mol. The fourth-order valence-corrected chi connectivity index (χ4v) is 3.54. The van der Waals surface area contributed by atoms with Gasteiger partial charge in [0, 0.05) is 16.2 Å². The molecule has 5 rings (SSSR count). The van der Waals surface area contributed by atoms with E-state index in [-0.39, 0.29) is 5.56 Å². The van der Waals surface area contributed by atoms with E-state index in [1.807, 2.05) is 30.3 Å². The van der Waals surface area contributed by atoms with Gasteiger partial charge in [-0.3, -0.25) is 9.20 Å². The highest BCUT2D eigenvalue weighted by Gasteiger charge is 2.15. The minimum Gasteiger partial charge on any atom is -0.268 e. The zero-order valence-electron chi connectivity index (χ0n) is 12.9. The monoisotopic (exact) mass is 298 g/mol. The molecule has 0 N–H and O–H groups in total. The molecular weight excluding hydrogens is 284 g/mol. The van der Waals surface area contributed by atoms with Crippen LogP contribution < -0.4 is 5.56 Å². The Labute approximate surface area is 132 Å². The molecule has 0 bridgehead atoms. The van der Waals surface area contributed by atoms with Crippen molar-refractivity contribution < 1.29 is 0 Å². The molecule has 0 aliphatic heterocycles. The third-order valence-electron chi connectivity index (χ3n) is 4.85. The second-order valence-corrected chi connectivity index (χ2v) is 6.21. The van der Waals surface area contributed by atoms with E-state index < -0.39 is 0 Å². The van der Waals surface area contributed by atoms with Crippen molar-refractivity contribution in [1.29, 1.82) is 0 Å². The van der Waals surface area contributed by atoms with Crippen molar-refractivity contribution in [3.63, 3.8) is 0 Å². The summed E-state index contributed by atoms with van der Waals surface area (Å²) in [5, 5.41) is 3.88. The minimum atomic E-state index is 0.00931. The van der Waals surface area contributed by atoms with Crippen molar-refractivity contribution in [1.82, 2.24) is 9.38 Å². The quantitative estimate of drug-likeness (QED) is 0.429. The van der Waals surface area contributed by atoms with Crippen LogP contribution in [0.3, 0.4) is 0 Å². The maximum Gasteiger partial charge on any atom is 0.264 e. The van der Waals surface area contributed by atoms with Gasteiger partial charge >= 0.3 is 0 Å². The van der Waals surface area contributed by atoms with E-state index in [9.17, 15) is 4.79 Å². The van der Waals surface area contributed by atoms with Crippen LogP contribution in [0.1, 0.15) is 11.1 Å². The fourth-order valence-electron chi connectivity index (χ4n) is 3.54. The Morgan fingerprint density at radius 3 is 2.39 bits per heavy atom. The normalized spacial score (nSPS) is 12.1. The molecule has 0 fully saturated rings. The number of aromatic nitrogens is 2. The number of benzene rings is 3. The smallest absolute Gasteiger partial charge is 0.264 e. The minimum absolute atomic E-state index is 0.00931. The standard InChI is InChI=1S/C20H14N2O/c1-11-9-16-17(10-12(11)2)22-19(21-16)14-7-3-5-13-6-4-8-15(18(13)14)20(22)23/h3-10H,1-2H3. The molecule has 0 spiro atoms. The topological polar surface area (TPSA) is 34.4 Å². The number of aryl methyl sites for hydroxylation is 2. The zero-order chi connectivity index (χ0) is 15.7. The molecule has 0 saturated carbocycles. The van der Waals surface area contributed by atoms with Crippen molar-refractivity contribution in [2.75, 3.05) is 0 Å². The molecule has 0 radical (unpaired) electrons. The summed E-state index contributed by atoms with van der Waals surface area (Å²) in [6.45, 7) is 4.14. The molecule has 110 valence electrons. The molecule has 0 aliphatic rings. The molecule has 2 aromatic heterocycles. The lowest BCUT2D eigenvalue weighted by molar-refractivity contribution is 1.18. The lowest BCUT2D eigenvalue weighted by Gasteiger charge is -2.06. The summed E-state index contributed by atoms with van der Waals surface area (Å²) in [5.74, 6) is 0. The van der Waals surface area contributed by atoms with Crippen LogP contribution in [0.25, 0.3) is 38.2 Å². The zero-order valence-corrected chi connectivity index (χ0v) is 12.9. The van der Waals surface area contributed by atoms with E-state index in [0.29, 0.717) is 0 Å². The first-order valence-corrected chi connectivity index (χ1v) is 7.71. The SMILES string of the molecule is Cc1cc2nc3c4cccc5cccc(c(=O)n3c2cc1C)c54. The van der Waals surface area contributed by atoms with Crippen molar-refractivity contribution in [2.45, 2.75) is 13.8 Å². The number of hydrogen-bond donors (Lipinski definition) is 0. The van der Waals surface area contributed by atoms with Crippen LogP contribution in [-0.2, 0) is 0 Å². The molecule has 0 amide bonds. The molecule has 3 aromatic carbocycles. The summed E-state index contributed by atoms with van der Waals surface area (Å²) in [4.78, 5) is 17.9. The van der Waals surface area contributed by atoms with E-state index in [0.717, 1.165) is 38.2 Å². The Balaban J connectivity index is 2.20. The van der Waals surface area contributed by atoms with Crippen molar-refractivity contribution in [3.05, 3.63) is 70.0 Å². The van der Waals surface area contributed by atoms with Crippen LogP contribution in [-0.4, -0.2) is 9.38 Å². The Kier molecular flexibility index (Phi) is 2.23. The molecule has 3 nitrogen and oxygen atoms in total. The van der Waals surface area contributed by atoms with Gasteiger partial charge in [-0.25, -0.2) is 4.98 Å².